The van der Waals surface area contributed by atoms with Crippen LogP contribution in [0, 0.1) is 0 Å². The van der Waals surface area contributed by atoms with Gasteiger partial charge in [-0.15, -0.1) is 0 Å². The summed E-state index contributed by atoms with van der Waals surface area (Å²) in [7, 11) is 0. The van der Waals surface area contributed by atoms with Gasteiger partial charge in [-0.3, -0.25) is 14.4 Å². The maximum absolute atomic E-state index is 12.9. The third kappa shape index (κ3) is 65.1. The molecule has 0 saturated heterocycles. The van der Waals surface area contributed by atoms with Crippen LogP contribution in [0.2, 0.25) is 0 Å². The van der Waals surface area contributed by atoms with Crippen LogP contribution >= 0.6 is 0 Å². The van der Waals surface area contributed by atoms with E-state index in [1.165, 1.54) is 186 Å². The number of hydrogen-bond acceptors (Lipinski definition) is 6. The molecule has 0 aliphatic carbocycles. The lowest BCUT2D eigenvalue weighted by Gasteiger charge is -2.18. The Bertz CT molecular complexity index is 1560. The number of hydrogen-bond donors (Lipinski definition) is 0. The van der Waals surface area contributed by atoms with Crippen LogP contribution in [0.15, 0.2) is 97.2 Å². The highest BCUT2D eigenvalue weighted by atomic mass is 16.6. The summed E-state index contributed by atoms with van der Waals surface area (Å²) in [5.41, 5.74) is 0. The van der Waals surface area contributed by atoms with Crippen LogP contribution < -0.4 is 0 Å². The molecule has 460 valence electrons. The van der Waals surface area contributed by atoms with E-state index in [1.54, 1.807) is 0 Å². The molecule has 0 amide bonds. The van der Waals surface area contributed by atoms with Crippen molar-refractivity contribution in [2.24, 2.45) is 0 Å². The van der Waals surface area contributed by atoms with Gasteiger partial charge in [0.25, 0.3) is 0 Å². The van der Waals surface area contributed by atoms with Gasteiger partial charge < -0.3 is 14.2 Å². The van der Waals surface area contributed by atoms with Crippen molar-refractivity contribution in [2.75, 3.05) is 13.2 Å². The zero-order valence-corrected chi connectivity index (χ0v) is 52.8. The van der Waals surface area contributed by atoms with E-state index in [1.807, 2.05) is 0 Å². The molecule has 0 saturated carbocycles. The predicted molar refractivity (Wildman–Crippen MR) is 348 cm³/mol. The molecule has 0 aromatic carbocycles. The quantitative estimate of drug-likeness (QED) is 0.0261. The summed E-state index contributed by atoms with van der Waals surface area (Å²) >= 11 is 0. The van der Waals surface area contributed by atoms with Crippen LogP contribution in [0.1, 0.15) is 335 Å². The number of unbranched alkanes of at least 4 members (excludes halogenated alkanes) is 35. The van der Waals surface area contributed by atoms with Crippen LogP contribution in [0.25, 0.3) is 0 Å². The van der Waals surface area contributed by atoms with Crippen LogP contribution in [0.5, 0.6) is 0 Å². The first kappa shape index (κ1) is 76.3. The smallest absolute Gasteiger partial charge is 0.306 e. The molecule has 0 aliphatic heterocycles. The lowest BCUT2D eigenvalue weighted by Crippen LogP contribution is -2.30. The van der Waals surface area contributed by atoms with E-state index >= 15 is 0 Å². The standard InChI is InChI=1S/C74H128O6/c1-4-7-10-13-16-19-21-23-25-27-29-31-33-35-36-37-38-40-41-43-45-47-49-51-53-55-58-61-64-67-73(76)79-70-71(69-78-72(75)66-63-60-57-18-15-12-9-6-3)80-74(77)68-65-62-59-56-54-52-50-48-46-44-42-39-34-32-30-28-26-24-22-20-17-14-11-8-5-2/h8,11,17,20,24,26-27,29-30,32,39,42,46,48,52,54,71H,4-7,9-10,12-16,18-19,21-23,25,28,31,33-38,40-41,43-45,47,49-51,53,55-70H2,1-3H3/b11-8-,20-17-,26-24-,29-27-,32-30-,42-39-,48-46-,54-52-. The highest BCUT2D eigenvalue weighted by Crippen LogP contribution is 2.17. The zero-order valence-electron chi connectivity index (χ0n) is 52.8. The van der Waals surface area contributed by atoms with Gasteiger partial charge in [-0.1, -0.05) is 311 Å². The number of esters is 3. The SMILES string of the molecule is CC/C=C\C/C=C\C/C=C\C/C=C\C/C=C\C/C=C\C/C=C\CCCCCC(=O)OC(COC(=O)CCCCCCCCCC)COC(=O)CCCCCCCCCCCCCCCCCCC/C=C\CCCCCCCCCC. The van der Waals surface area contributed by atoms with E-state index in [-0.39, 0.29) is 37.5 Å². The van der Waals surface area contributed by atoms with Crippen molar-refractivity contribution < 1.29 is 28.6 Å². The highest BCUT2D eigenvalue weighted by Gasteiger charge is 2.19. The molecule has 1 unspecified atom stereocenters. The summed E-state index contributed by atoms with van der Waals surface area (Å²) in [6.07, 6.45) is 91.7. The first-order valence-electron chi connectivity index (χ1n) is 34.2. The Labute approximate surface area is 496 Å². The molecular weight excluding hydrogens is 985 g/mol. The molecule has 0 heterocycles. The largest absolute Gasteiger partial charge is 0.462 e. The Kier molecular flexibility index (Phi) is 64.7. The van der Waals surface area contributed by atoms with Gasteiger partial charge in [0.05, 0.1) is 0 Å². The third-order valence-electron chi connectivity index (χ3n) is 14.8. The molecule has 6 nitrogen and oxygen atoms in total. The molecule has 0 fully saturated rings. The molecule has 0 N–H and O–H groups in total. The second kappa shape index (κ2) is 67.8. The minimum Gasteiger partial charge on any atom is -0.462 e. The van der Waals surface area contributed by atoms with Crippen molar-refractivity contribution >= 4 is 17.9 Å². The maximum atomic E-state index is 12.9. The van der Waals surface area contributed by atoms with Crippen molar-refractivity contribution in [3.63, 3.8) is 0 Å². The molecule has 0 aliphatic rings. The van der Waals surface area contributed by atoms with Crippen LogP contribution in [-0.2, 0) is 28.6 Å². The topological polar surface area (TPSA) is 78.9 Å². The molecule has 0 radical (unpaired) electrons. The van der Waals surface area contributed by atoms with Gasteiger partial charge in [0.15, 0.2) is 6.10 Å². The predicted octanol–water partition coefficient (Wildman–Crippen LogP) is 23.6. The monoisotopic (exact) mass is 1110 g/mol. The van der Waals surface area contributed by atoms with Crippen molar-refractivity contribution in [1.29, 1.82) is 0 Å². The van der Waals surface area contributed by atoms with Gasteiger partial charge in [0, 0.05) is 19.3 Å². The fourth-order valence-electron chi connectivity index (χ4n) is 9.71. The van der Waals surface area contributed by atoms with E-state index in [0.29, 0.717) is 12.8 Å². The normalized spacial score (nSPS) is 12.7. The molecule has 1 atom stereocenters. The van der Waals surface area contributed by atoms with E-state index in [2.05, 4.69) is 118 Å². The van der Waals surface area contributed by atoms with Gasteiger partial charge in [-0.2, -0.15) is 0 Å². The van der Waals surface area contributed by atoms with Crippen molar-refractivity contribution in [2.45, 2.75) is 341 Å². The lowest BCUT2D eigenvalue weighted by atomic mass is 10.0. The maximum Gasteiger partial charge on any atom is 0.306 e. The molecule has 80 heavy (non-hydrogen) atoms. The number of allylic oxidation sites excluding steroid dienone is 16. The van der Waals surface area contributed by atoms with Crippen molar-refractivity contribution in [1.82, 2.24) is 0 Å². The molecule has 0 aromatic rings. The lowest BCUT2D eigenvalue weighted by molar-refractivity contribution is -0.167. The Morgan fingerprint density at radius 3 is 0.787 bits per heavy atom. The van der Waals surface area contributed by atoms with E-state index in [9.17, 15) is 14.4 Å². The average Bonchev–Trinajstić information content (AvgIpc) is 3.46. The summed E-state index contributed by atoms with van der Waals surface area (Å²) in [5, 5.41) is 0. The molecule has 0 bridgehead atoms. The second-order valence-electron chi connectivity index (χ2n) is 22.7. The van der Waals surface area contributed by atoms with Gasteiger partial charge >= 0.3 is 17.9 Å². The molecule has 0 aromatic heterocycles. The molecule has 0 rings (SSSR count). The van der Waals surface area contributed by atoms with Crippen LogP contribution in [-0.4, -0.2) is 37.2 Å². The van der Waals surface area contributed by atoms with E-state index < -0.39 is 6.10 Å². The van der Waals surface area contributed by atoms with Crippen molar-refractivity contribution in [3.05, 3.63) is 97.2 Å². The zero-order chi connectivity index (χ0) is 57.8. The number of ether oxygens (including phenoxy) is 3. The minimum atomic E-state index is -0.794. The summed E-state index contributed by atoms with van der Waals surface area (Å²) in [6.45, 7) is 6.50. The van der Waals surface area contributed by atoms with Crippen molar-refractivity contribution in [3.8, 4) is 0 Å². The fourth-order valence-corrected chi connectivity index (χ4v) is 9.71. The van der Waals surface area contributed by atoms with Crippen LogP contribution in [0.4, 0.5) is 0 Å². The number of rotatable bonds is 62. The second-order valence-corrected chi connectivity index (χ2v) is 22.7. The Hall–Kier alpha value is -3.67. The summed E-state index contributed by atoms with van der Waals surface area (Å²) in [5.74, 6) is -0.914. The average molecular weight is 1110 g/mol. The molecular formula is C74H128O6. The number of carbonyl (C=O) groups excluding carboxylic acids is 3. The van der Waals surface area contributed by atoms with E-state index in [4.69, 9.17) is 14.2 Å². The highest BCUT2D eigenvalue weighted by molar-refractivity contribution is 5.71. The first-order chi connectivity index (χ1) is 39.5. The number of carbonyl (C=O) groups is 3. The van der Waals surface area contributed by atoms with Crippen LogP contribution in [0.3, 0.4) is 0 Å². The minimum absolute atomic E-state index is 0.0884. The summed E-state index contributed by atoms with van der Waals surface area (Å²) < 4.78 is 16.9. The summed E-state index contributed by atoms with van der Waals surface area (Å²) in [4.78, 5) is 38.2. The third-order valence-corrected chi connectivity index (χ3v) is 14.8. The van der Waals surface area contributed by atoms with Gasteiger partial charge in [0.1, 0.15) is 13.2 Å². The molecule has 0 spiro atoms. The Balaban J connectivity index is 4.18. The van der Waals surface area contributed by atoms with Gasteiger partial charge in [-0.25, -0.2) is 0 Å². The van der Waals surface area contributed by atoms with E-state index in [0.717, 1.165) is 109 Å². The summed E-state index contributed by atoms with van der Waals surface area (Å²) in [6, 6.07) is 0. The van der Waals surface area contributed by atoms with Gasteiger partial charge in [0.2, 0.25) is 0 Å². The van der Waals surface area contributed by atoms with Gasteiger partial charge in [-0.05, 0) is 103 Å². The molecule has 6 heteroatoms. The Morgan fingerprint density at radius 1 is 0.263 bits per heavy atom. The fraction of sp³-hybridized carbons (Fsp3) is 0.743. The first-order valence-corrected chi connectivity index (χ1v) is 34.2. The Morgan fingerprint density at radius 2 is 0.487 bits per heavy atom.